The molecule has 140 valence electrons. The standard InChI is InChI=1S/C21H20N6O/c1-13-8-9-15(20-24-19(25-26-20)14-5-4-6-14)11-17(13)23-21(28)16-12-22-27-10-3-2-7-18(16)27/h2-3,7-12,14H,4-6H2,1H3,(H,23,28)(H,24,25,26). The highest BCUT2D eigenvalue weighted by molar-refractivity contribution is 6.09. The monoisotopic (exact) mass is 372 g/mol. The Morgan fingerprint density at radius 1 is 1.25 bits per heavy atom. The molecule has 2 N–H and O–H groups in total. The molecule has 28 heavy (non-hydrogen) atoms. The lowest BCUT2D eigenvalue weighted by atomic mass is 9.85. The summed E-state index contributed by atoms with van der Waals surface area (Å²) in [4.78, 5) is 17.5. The lowest BCUT2D eigenvalue weighted by Crippen LogP contribution is -2.12. The van der Waals surface area contributed by atoms with Gasteiger partial charge in [0.2, 0.25) is 0 Å². The van der Waals surface area contributed by atoms with Crippen LogP contribution in [-0.2, 0) is 0 Å². The van der Waals surface area contributed by atoms with Gasteiger partial charge >= 0.3 is 0 Å². The van der Waals surface area contributed by atoms with E-state index in [0.29, 0.717) is 17.3 Å². The summed E-state index contributed by atoms with van der Waals surface area (Å²) in [7, 11) is 0. The summed E-state index contributed by atoms with van der Waals surface area (Å²) in [6, 6.07) is 11.5. The van der Waals surface area contributed by atoms with Crippen LogP contribution in [0.15, 0.2) is 48.8 Å². The van der Waals surface area contributed by atoms with Crippen molar-refractivity contribution in [2.45, 2.75) is 32.1 Å². The number of benzene rings is 1. The Morgan fingerprint density at radius 3 is 2.96 bits per heavy atom. The summed E-state index contributed by atoms with van der Waals surface area (Å²) < 4.78 is 1.69. The van der Waals surface area contributed by atoms with Crippen LogP contribution in [0, 0.1) is 6.92 Å². The highest BCUT2D eigenvalue weighted by Crippen LogP contribution is 2.35. The summed E-state index contributed by atoms with van der Waals surface area (Å²) in [5, 5.41) is 14.7. The third-order valence-electron chi connectivity index (χ3n) is 5.41. The molecule has 0 atom stereocenters. The predicted octanol–water partition coefficient (Wildman–Crippen LogP) is 3.95. The first-order chi connectivity index (χ1) is 13.7. The van der Waals surface area contributed by atoms with Crippen molar-refractivity contribution in [2.24, 2.45) is 0 Å². The zero-order valence-corrected chi connectivity index (χ0v) is 15.5. The molecule has 0 bridgehead atoms. The van der Waals surface area contributed by atoms with Gasteiger partial charge in [-0.05, 0) is 43.5 Å². The van der Waals surface area contributed by atoms with Crippen molar-refractivity contribution in [3.63, 3.8) is 0 Å². The fourth-order valence-corrected chi connectivity index (χ4v) is 3.46. The molecule has 1 amide bonds. The third-order valence-corrected chi connectivity index (χ3v) is 5.41. The topological polar surface area (TPSA) is 88.0 Å². The molecular weight excluding hydrogens is 352 g/mol. The SMILES string of the molecule is Cc1ccc(-c2n[nH]c(C3CCC3)n2)cc1NC(=O)c1cnn2ccccc12. The number of H-pyrrole nitrogens is 1. The second kappa shape index (κ2) is 6.60. The molecule has 1 aromatic carbocycles. The second-order valence-electron chi connectivity index (χ2n) is 7.24. The third kappa shape index (κ3) is 2.85. The highest BCUT2D eigenvalue weighted by Gasteiger charge is 2.23. The first-order valence-corrected chi connectivity index (χ1v) is 9.46. The number of rotatable bonds is 4. The van der Waals surface area contributed by atoms with E-state index in [0.717, 1.165) is 28.2 Å². The lowest BCUT2D eigenvalue weighted by molar-refractivity contribution is 0.102. The van der Waals surface area contributed by atoms with Gasteiger partial charge in [-0.3, -0.25) is 9.89 Å². The molecule has 5 rings (SSSR count). The lowest BCUT2D eigenvalue weighted by Gasteiger charge is -2.22. The van der Waals surface area contributed by atoms with Gasteiger partial charge in [0, 0.05) is 23.4 Å². The summed E-state index contributed by atoms with van der Waals surface area (Å²) in [6.45, 7) is 1.97. The maximum absolute atomic E-state index is 12.8. The molecule has 0 unspecified atom stereocenters. The number of pyridine rings is 1. The van der Waals surface area contributed by atoms with Crippen LogP contribution in [0.1, 0.15) is 46.9 Å². The van der Waals surface area contributed by atoms with Crippen molar-refractivity contribution < 1.29 is 4.79 Å². The van der Waals surface area contributed by atoms with E-state index in [9.17, 15) is 4.79 Å². The minimum atomic E-state index is -0.188. The molecule has 1 saturated carbocycles. The number of anilines is 1. The van der Waals surface area contributed by atoms with Gasteiger partial charge in [-0.2, -0.15) is 10.2 Å². The van der Waals surface area contributed by atoms with Crippen LogP contribution in [-0.4, -0.2) is 30.7 Å². The van der Waals surface area contributed by atoms with Gasteiger partial charge in [0.15, 0.2) is 5.82 Å². The number of hydrogen-bond acceptors (Lipinski definition) is 4. The van der Waals surface area contributed by atoms with E-state index < -0.39 is 0 Å². The Bertz CT molecular complexity index is 1170. The number of hydrogen-bond donors (Lipinski definition) is 2. The van der Waals surface area contributed by atoms with Crippen LogP contribution in [0.25, 0.3) is 16.9 Å². The molecule has 0 aliphatic heterocycles. The van der Waals surface area contributed by atoms with Crippen molar-refractivity contribution in [2.75, 3.05) is 5.32 Å². The van der Waals surface area contributed by atoms with Gasteiger partial charge in [0.05, 0.1) is 17.3 Å². The molecule has 0 radical (unpaired) electrons. The molecule has 7 heteroatoms. The zero-order valence-electron chi connectivity index (χ0n) is 15.5. The van der Waals surface area contributed by atoms with Crippen molar-refractivity contribution in [3.05, 3.63) is 65.7 Å². The molecule has 3 heterocycles. The molecule has 1 aliphatic carbocycles. The average molecular weight is 372 g/mol. The normalized spacial score (nSPS) is 14.2. The molecule has 0 saturated heterocycles. The van der Waals surface area contributed by atoms with E-state index >= 15 is 0 Å². The van der Waals surface area contributed by atoms with Gasteiger partial charge < -0.3 is 5.32 Å². The Hall–Kier alpha value is -3.48. The molecule has 1 fully saturated rings. The molecule has 1 aliphatic rings. The van der Waals surface area contributed by atoms with Crippen LogP contribution < -0.4 is 5.32 Å². The van der Waals surface area contributed by atoms with E-state index in [2.05, 4.69) is 25.6 Å². The van der Waals surface area contributed by atoms with Crippen LogP contribution in [0.5, 0.6) is 0 Å². The van der Waals surface area contributed by atoms with Crippen molar-refractivity contribution in [1.82, 2.24) is 24.8 Å². The quantitative estimate of drug-likeness (QED) is 0.568. The molecule has 3 aromatic heterocycles. The van der Waals surface area contributed by atoms with E-state index in [1.807, 2.05) is 49.5 Å². The van der Waals surface area contributed by atoms with Gasteiger partial charge in [0.25, 0.3) is 5.91 Å². The van der Waals surface area contributed by atoms with Crippen molar-refractivity contribution in [3.8, 4) is 11.4 Å². The minimum absolute atomic E-state index is 0.188. The Balaban J connectivity index is 1.43. The summed E-state index contributed by atoms with van der Waals surface area (Å²) in [5.41, 5.74) is 3.90. The first kappa shape index (κ1) is 16.7. The number of amides is 1. The molecule has 0 spiro atoms. The molecular formula is C21H20N6O. The second-order valence-corrected chi connectivity index (χ2v) is 7.24. The smallest absolute Gasteiger partial charge is 0.259 e. The molecule has 7 nitrogen and oxygen atoms in total. The van der Waals surface area contributed by atoms with Gasteiger partial charge in [-0.15, -0.1) is 0 Å². The van der Waals surface area contributed by atoms with Crippen LogP contribution in [0.4, 0.5) is 5.69 Å². The van der Waals surface area contributed by atoms with Crippen LogP contribution >= 0.6 is 0 Å². The molecule has 4 aromatic rings. The number of aryl methyl sites for hydroxylation is 1. The number of aromatic amines is 1. The predicted molar refractivity (Wildman–Crippen MR) is 106 cm³/mol. The number of carbonyl (C=O) groups excluding carboxylic acids is 1. The van der Waals surface area contributed by atoms with Gasteiger partial charge in [0.1, 0.15) is 5.82 Å². The Labute approximate surface area is 161 Å². The van der Waals surface area contributed by atoms with Crippen molar-refractivity contribution >= 4 is 17.1 Å². The largest absolute Gasteiger partial charge is 0.322 e. The number of nitrogens with zero attached hydrogens (tertiary/aromatic N) is 4. The van der Waals surface area contributed by atoms with E-state index in [-0.39, 0.29) is 5.91 Å². The maximum Gasteiger partial charge on any atom is 0.259 e. The Kier molecular flexibility index (Phi) is 3.93. The summed E-state index contributed by atoms with van der Waals surface area (Å²) in [5.74, 6) is 1.93. The fraction of sp³-hybridized carbons (Fsp3) is 0.238. The average Bonchev–Trinajstić information content (AvgIpc) is 3.29. The van der Waals surface area contributed by atoms with Gasteiger partial charge in [-0.25, -0.2) is 9.50 Å². The minimum Gasteiger partial charge on any atom is -0.322 e. The summed E-state index contributed by atoms with van der Waals surface area (Å²) in [6.07, 6.45) is 7.00. The maximum atomic E-state index is 12.8. The fourth-order valence-electron chi connectivity index (χ4n) is 3.46. The number of carbonyl (C=O) groups is 1. The highest BCUT2D eigenvalue weighted by atomic mass is 16.1. The summed E-state index contributed by atoms with van der Waals surface area (Å²) >= 11 is 0. The van der Waals surface area contributed by atoms with Gasteiger partial charge in [-0.1, -0.05) is 24.6 Å². The number of fused-ring (bicyclic) bond motifs is 1. The number of aromatic nitrogens is 5. The zero-order chi connectivity index (χ0) is 19.1. The number of nitrogens with one attached hydrogen (secondary N) is 2. The van der Waals surface area contributed by atoms with Crippen molar-refractivity contribution in [1.29, 1.82) is 0 Å². The first-order valence-electron chi connectivity index (χ1n) is 9.46. The Morgan fingerprint density at radius 2 is 2.14 bits per heavy atom. The van der Waals surface area contributed by atoms with E-state index in [1.54, 1.807) is 10.7 Å². The van der Waals surface area contributed by atoms with E-state index in [4.69, 9.17) is 0 Å². The van der Waals surface area contributed by atoms with Crippen LogP contribution in [0.3, 0.4) is 0 Å². The van der Waals surface area contributed by atoms with E-state index in [1.165, 1.54) is 19.3 Å². The van der Waals surface area contributed by atoms with Crippen LogP contribution in [0.2, 0.25) is 0 Å².